The molecular formula is C14H23N5O. The molecule has 110 valence electrons. The van der Waals surface area contributed by atoms with Gasteiger partial charge in [0.2, 0.25) is 11.9 Å². The van der Waals surface area contributed by atoms with E-state index in [-0.39, 0.29) is 11.8 Å². The number of hydrogen-bond acceptors (Lipinski definition) is 5. The number of amides is 1. The summed E-state index contributed by atoms with van der Waals surface area (Å²) in [7, 11) is 7.54. The molecule has 0 spiro atoms. The van der Waals surface area contributed by atoms with Crippen LogP contribution in [0.1, 0.15) is 12.8 Å². The lowest BCUT2D eigenvalue weighted by atomic mass is 9.97. The lowest BCUT2D eigenvalue weighted by Gasteiger charge is -2.33. The van der Waals surface area contributed by atoms with Crippen LogP contribution in [-0.4, -0.2) is 62.1 Å². The Labute approximate surface area is 120 Å². The van der Waals surface area contributed by atoms with Gasteiger partial charge in [-0.2, -0.15) is 4.98 Å². The van der Waals surface area contributed by atoms with Crippen LogP contribution in [0.25, 0.3) is 0 Å². The quantitative estimate of drug-likeness (QED) is 0.820. The van der Waals surface area contributed by atoms with Crippen LogP contribution in [-0.2, 0) is 4.79 Å². The molecule has 6 nitrogen and oxygen atoms in total. The maximum atomic E-state index is 12.1. The minimum absolute atomic E-state index is 0.0466. The summed E-state index contributed by atoms with van der Waals surface area (Å²) < 4.78 is 0. The summed E-state index contributed by atoms with van der Waals surface area (Å²) in [4.78, 5) is 26.7. The van der Waals surface area contributed by atoms with Crippen molar-refractivity contribution < 1.29 is 4.79 Å². The van der Waals surface area contributed by atoms with Gasteiger partial charge in [-0.25, -0.2) is 4.98 Å². The van der Waals surface area contributed by atoms with E-state index in [1.165, 1.54) is 0 Å². The van der Waals surface area contributed by atoms with Crippen LogP contribution in [0.2, 0.25) is 0 Å². The molecular weight excluding hydrogens is 254 g/mol. The summed E-state index contributed by atoms with van der Waals surface area (Å²) >= 11 is 0. The fourth-order valence-electron chi connectivity index (χ4n) is 2.47. The van der Waals surface area contributed by atoms with E-state index < -0.39 is 0 Å². The van der Waals surface area contributed by atoms with Gasteiger partial charge in [-0.3, -0.25) is 4.79 Å². The van der Waals surface area contributed by atoms with Gasteiger partial charge < -0.3 is 14.7 Å². The normalized spacial score (nSPS) is 18.8. The summed E-state index contributed by atoms with van der Waals surface area (Å²) in [6, 6.07) is 1.88. The maximum Gasteiger partial charge on any atom is 0.227 e. The first-order chi connectivity index (χ1) is 9.49. The number of piperidine rings is 1. The highest BCUT2D eigenvalue weighted by Gasteiger charge is 2.28. The number of carbonyl (C=O) groups excluding carboxylic acids is 1. The van der Waals surface area contributed by atoms with Crippen molar-refractivity contribution >= 4 is 17.7 Å². The number of hydrogen-bond donors (Lipinski definition) is 0. The third-order valence-electron chi connectivity index (χ3n) is 3.58. The largest absolute Gasteiger partial charge is 0.363 e. The number of carbonyl (C=O) groups is 1. The summed E-state index contributed by atoms with van der Waals surface area (Å²) in [6.45, 7) is 1.61. The van der Waals surface area contributed by atoms with Gasteiger partial charge >= 0.3 is 0 Å². The minimum atomic E-state index is 0.0466. The highest BCUT2D eigenvalue weighted by atomic mass is 16.2. The average Bonchev–Trinajstić information content (AvgIpc) is 2.46. The van der Waals surface area contributed by atoms with Crippen LogP contribution < -0.4 is 9.80 Å². The van der Waals surface area contributed by atoms with Gasteiger partial charge in [0.15, 0.2) is 0 Å². The van der Waals surface area contributed by atoms with Crippen molar-refractivity contribution in [1.29, 1.82) is 0 Å². The predicted octanol–water partition coefficient (Wildman–Crippen LogP) is 0.847. The molecule has 1 saturated heterocycles. The van der Waals surface area contributed by atoms with E-state index in [1.54, 1.807) is 11.1 Å². The first-order valence-corrected chi connectivity index (χ1v) is 6.95. The van der Waals surface area contributed by atoms with E-state index in [0.717, 1.165) is 25.2 Å². The highest BCUT2D eigenvalue weighted by molar-refractivity contribution is 5.79. The zero-order valence-corrected chi connectivity index (χ0v) is 12.7. The van der Waals surface area contributed by atoms with Gasteiger partial charge in [0, 0.05) is 47.5 Å². The molecule has 1 aromatic rings. The zero-order valence-electron chi connectivity index (χ0n) is 12.7. The Kier molecular flexibility index (Phi) is 4.42. The Morgan fingerprint density at radius 2 is 2.10 bits per heavy atom. The Bertz CT molecular complexity index is 474. The van der Waals surface area contributed by atoms with E-state index >= 15 is 0 Å². The van der Waals surface area contributed by atoms with Crippen LogP contribution >= 0.6 is 0 Å². The first-order valence-electron chi connectivity index (χ1n) is 6.95. The Balaban J connectivity index is 2.12. The van der Waals surface area contributed by atoms with Crippen molar-refractivity contribution in [2.24, 2.45) is 5.92 Å². The number of rotatable bonds is 3. The first kappa shape index (κ1) is 14.6. The Morgan fingerprint density at radius 3 is 2.75 bits per heavy atom. The third kappa shape index (κ3) is 3.18. The second-order valence-corrected chi connectivity index (χ2v) is 5.63. The Morgan fingerprint density at radius 1 is 1.35 bits per heavy atom. The van der Waals surface area contributed by atoms with Gasteiger partial charge in [0.1, 0.15) is 5.82 Å². The molecule has 1 aliphatic heterocycles. The SMILES string of the molecule is CN(C)C(=O)C1CCCN(c2nccc(N(C)C)n2)C1. The fraction of sp³-hybridized carbons (Fsp3) is 0.643. The van der Waals surface area contributed by atoms with E-state index in [4.69, 9.17) is 0 Å². The molecule has 0 aromatic carbocycles. The molecule has 1 unspecified atom stereocenters. The molecule has 1 amide bonds. The van der Waals surface area contributed by atoms with Crippen molar-refractivity contribution in [2.45, 2.75) is 12.8 Å². The molecule has 1 aliphatic rings. The molecule has 1 atom stereocenters. The van der Waals surface area contributed by atoms with Crippen LogP contribution in [0.3, 0.4) is 0 Å². The van der Waals surface area contributed by atoms with Crippen molar-refractivity contribution in [3.8, 4) is 0 Å². The van der Waals surface area contributed by atoms with Gasteiger partial charge in [-0.05, 0) is 18.9 Å². The molecule has 0 aliphatic carbocycles. The van der Waals surface area contributed by atoms with Crippen LogP contribution in [0.5, 0.6) is 0 Å². The monoisotopic (exact) mass is 277 g/mol. The van der Waals surface area contributed by atoms with Crippen molar-refractivity contribution in [1.82, 2.24) is 14.9 Å². The van der Waals surface area contributed by atoms with Crippen molar-refractivity contribution in [3.05, 3.63) is 12.3 Å². The van der Waals surface area contributed by atoms with Gasteiger partial charge in [-0.1, -0.05) is 0 Å². The molecule has 0 radical (unpaired) electrons. The summed E-state index contributed by atoms with van der Waals surface area (Å²) in [5, 5.41) is 0. The highest BCUT2D eigenvalue weighted by Crippen LogP contribution is 2.22. The lowest BCUT2D eigenvalue weighted by Crippen LogP contribution is -2.43. The van der Waals surface area contributed by atoms with E-state index in [0.29, 0.717) is 12.5 Å². The Hall–Kier alpha value is -1.85. The second-order valence-electron chi connectivity index (χ2n) is 5.63. The van der Waals surface area contributed by atoms with E-state index in [2.05, 4.69) is 14.9 Å². The van der Waals surface area contributed by atoms with E-state index in [9.17, 15) is 4.79 Å². The molecule has 6 heteroatoms. The summed E-state index contributed by atoms with van der Waals surface area (Å²) in [5.74, 6) is 1.84. The number of aromatic nitrogens is 2. The molecule has 1 aromatic heterocycles. The number of anilines is 2. The van der Waals surface area contributed by atoms with E-state index in [1.807, 2.05) is 39.2 Å². The lowest BCUT2D eigenvalue weighted by molar-refractivity contribution is -0.133. The van der Waals surface area contributed by atoms with Crippen molar-refractivity contribution in [3.63, 3.8) is 0 Å². The minimum Gasteiger partial charge on any atom is -0.363 e. The fourth-order valence-corrected chi connectivity index (χ4v) is 2.47. The average molecular weight is 277 g/mol. The summed E-state index contributed by atoms with van der Waals surface area (Å²) in [6.07, 6.45) is 3.72. The van der Waals surface area contributed by atoms with Crippen LogP contribution in [0.15, 0.2) is 12.3 Å². The molecule has 0 N–H and O–H groups in total. The summed E-state index contributed by atoms with van der Waals surface area (Å²) in [5.41, 5.74) is 0. The van der Waals surface area contributed by atoms with Gasteiger partial charge in [0.25, 0.3) is 0 Å². The topological polar surface area (TPSA) is 52.6 Å². The second kappa shape index (κ2) is 6.07. The van der Waals surface area contributed by atoms with Crippen LogP contribution in [0.4, 0.5) is 11.8 Å². The van der Waals surface area contributed by atoms with Crippen molar-refractivity contribution in [2.75, 3.05) is 51.1 Å². The van der Waals surface area contributed by atoms with Crippen LogP contribution in [0, 0.1) is 5.92 Å². The molecule has 2 heterocycles. The maximum absolute atomic E-state index is 12.1. The zero-order chi connectivity index (χ0) is 14.7. The predicted molar refractivity (Wildman–Crippen MR) is 80.0 cm³/mol. The molecule has 0 bridgehead atoms. The van der Waals surface area contributed by atoms with Gasteiger partial charge in [0.05, 0.1) is 5.92 Å². The molecule has 2 rings (SSSR count). The molecule has 20 heavy (non-hydrogen) atoms. The smallest absolute Gasteiger partial charge is 0.227 e. The molecule has 1 fully saturated rings. The third-order valence-corrected chi connectivity index (χ3v) is 3.58. The number of nitrogens with zero attached hydrogens (tertiary/aromatic N) is 5. The molecule has 0 saturated carbocycles. The standard InChI is InChI=1S/C14H23N5O/c1-17(2)12-7-8-15-14(16-12)19-9-5-6-11(10-19)13(20)18(3)4/h7-8,11H,5-6,9-10H2,1-4H3. The van der Waals surface area contributed by atoms with Gasteiger partial charge in [-0.15, -0.1) is 0 Å².